The number of likely N-dealkylation sites (N-methyl/N-ethyl adjacent to an activating group) is 1. The largest absolute Gasteiger partial charge is 0.466 e. The van der Waals surface area contributed by atoms with E-state index in [-0.39, 0.29) is 23.0 Å². The topological polar surface area (TPSA) is 317 Å². The van der Waals surface area contributed by atoms with Gasteiger partial charge in [-0.25, -0.2) is 18.9 Å². The maximum Gasteiger partial charge on any atom is 0.466 e. The van der Waals surface area contributed by atoms with E-state index in [1.165, 1.54) is 0 Å². The number of nitrogens with two attached hydrogens (primary N) is 2. The van der Waals surface area contributed by atoms with Crippen LogP contribution in [0.3, 0.4) is 0 Å². The van der Waals surface area contributed by atoms with E-state index in [9.17, 15) is 19.2 Å². The van der Waals surface area contributed by atoms with Gasteiger partial charge in [-0.15, -0.1) is 0 Å². The van der Waals surface area contributed by atoms with E-state index >= 15 is 0 Å². The van der Waals surface area contributed by atoms with E-state index in [0.717, 1.165) is 0 Å². The predicted molar refractivity (Wildman–Crippen MR) is 96.7 cm³/mol. The molecule has 3 amide bonds. The molecular weight excluding hydrogens is 421 g/mol. The van der Waals surface area contributed by atoms with Crippen molar-refractivity contribution in [1.82, 2.24) is 30.2 Å². The van der Waals surface area contributed by atoms with Crippen molar-refractivity contribution < 1.29 is 28.8 Å². The van der Waals surface area contributed by atoms with Crippen molar-refractivity contribution in [3.8, 4) is 0 Å². The lowest BCUT2D eigenvalue weighted by Crippen LogP contribution is -2.25. The molecule has 2 aromatic rings. The molecule has 2 aromatic heterocycles. The van der Waals surface area contributed by atoms with Gasteiger partial charge in [-0.05, 0) is 0 Å². The quantitative estimate of drug-likeness (QED) is 0.174. The first-order valence-corrected chi connectivity index (χ1v) is 8.54. The number of aromatic amines is 4. The summed E-state index contributed by atoms with van der Waals surface area (Å²) in [5.74, 6) is 0.0903. The number of phosphoric acid groups is 1. The van der Waals surface area contributed by atoms with Crippen LogP contribution in [0.5, 0.6) is 0 Å². The zero-order valence-corrected chi connectivity index (χ0v) is 15.4. The first-order valence-electron chi connectivity index (χ1n) is 6.97. The molecule has 29 heavy (non-hydrogen) atoms. The highest BCUT2D eigenvalue weighted by molar-refractivity contribution is 7.45. The molecule has 0 spiro atoms. The number of amides is 3. The number of primary amides is 2. The van der Waals surface area contributed by atoms with Gasteiger partial charge in [0, 0.05) is 7.05 Å². The van der Waals surface area contributed by atoms with Gasteiger partial charge in [-0.2, -0.15) is 0 Å². The number of urea groups is 1. The van der Waals surface area contributed by atoms with Gasteiger partial charge >= 0.3 is 25.2 Å². The van der Waals surface area contributed by atoms with Crippen molar-refractivity contribution in [2.24, 2.45) is 11.5 Å². The summed E-state index contributed by atoms with van der Waals surface area (Å²) >= 11 is 0. The normalized spacial score (nSPS) is 12.6. The maximum atomic E-state index is 10.9. The molecule has 1 aliphatic heterocycles. The van der Waals surface area contributed by atoms with Crippen molar-refractivity contribution in [1.29, 1.82) is 5.41 Å². The number of nitrogens with one attached hydrogen (secondary N) is 6. The Morgan fingerprint density at radius 2 is 1.45 bits per heavy atom. The second-order valence-electron chi connectivity index (χ2n) is 4.91. The molecule has 1 fully saturated rings. The van der Waals surface area contributed by atoms with Crippen LogP contribution in [0.25, 0.3) is 11.2 Å². The van der Waals surface area contributed by atoms with Gasteiger partial charge in [0.25, 0.3) is 5.56 Å². The molecule has 1 aliphatic rings. The van der Waals surface area contributed by atoms with Crippen molar-refractivity contribution in [2.75, 3.05) is 13.6 Å². The Labute approximate surface area is 158 Å². The van der Waals surface area contributed by atoms with Crippen LogP contribution in [-0.4, -0.2) is 71.0 Å². The van der Waals surface area contributed by atoms with Crippen LogP contribution in [0.15, 0.2) is 14.4 Å². The third kappa shape index (κ3) is 11.6. The maximum absolute atomic E-state index is 10.9. The molecular formula is C10H18N9O9P. The summed E-state index contributed by atoms with van der Waals surface area (Å²) in [6.45, 7) is 0.318. The van der Waals surface area contributed by atoms with Crippen LogP contribution in [0.4, 0.5) is 4.79 Å². The smallest absolute Gasteiger partial charge is 0.352 e. The molecule has 0 bridgehead atoms. The summed E-state index contributed by atoms with van der Waals surface area (Å²) in [7, 11) is -2.94. The number of carbonyl (C=O) groups excluding carboxylic acids is 2. The van der Waals surface area contributed by atoms with Gasteiger partial charge in [0.2, 0.25) is 5.91 Å². The second-order valence-corrected chi connectivity index (χ2v) is 5.93. The molecule has 18 nitrogen and oxygen atoms in total. The summed E-state index contributed by atoms with van der Waals surface area (Å²) in [4.78, 5) is 83.5. The van der Waals surface area contributed by atoms with Crippen LogP contribution >= 0.6 is 7.82 Å². The van der Waals surface area contributed by atoms with Gasteiger partial charge in [0.05, 0.1) is 6.54 Å². The van der Waals surface area contributed by atoms with Crippen molar-refractivity contribution in [2.45, 2.75) is 0 Å². The highest BCUT2D eigenvalue weighted by atomic mass is 31.2. The number of nitrogens with zero attached hydrogens (tertiary/aromatic N) is 1. The van der Waals surface area contributed by atoms with E-state index < -0.39 is 30.8 Å². The fourth-order valence-electron chi connectivity index (χ4n) is 1.52. The number of H-pyrrole nitrogens is 4. The average Bonchev–Trinajstić information content (AvgIpc) is 2.98. The Morgan fingerprint density at radius 3 is 1.76 bits per heavy atom. The highest BCUT2D eigenvalue weighted by Gasteiger charge is 2.18. The fourth-order valence-corrected chi connectivity index (χ4v) is 1.52. The summed E-state index contributed by atoms with van der Waals surface area (Å²) in [5.41, 5.74) is 6.85. The zero-order chi connectivity index (χ0) is 22.9. The van der Waals surface area contributed by atoms with E-state index in [1.54, 1.807) is 11.9 Å². The Kier molecular flexibility index (Phi) is 9.21. The molecule has 0 unspecified atom stereocenters. The molecule has 0 atom stereocenters. The van der Waals surface area contributed by atoms with Gasteiger partial charge in [-0.1, -0.05) is 0 Å². The fraction of sp³-hybridized carbons (Fsp3) is 0.200. The molecule has 162 valence electrons. The van der Waals surface area contributed by atoms with Crippen LogP contribution in [0.2, 0.25) is 0 Å². The molecule has 13 N–H and O–H groups in total. The third-order valence-corrected chi connectivity index (χ3v) is 2.44. The Morgan fingerprint density at radius 1 is 1.03 bits per heavy atom. The molecule has 3 heterocycles. The number of rotatable bonds is 0. The number of imidazole rings is 1. The number of guanidine groups is 1. The second kappa shape index (κ2) is 10.6. The number of aromatic nitrogens is 4. The van der Waals surface area contributed by atoms with Crippen molar-refractivity contribution in [3.05, 3.63) is 31.3 Å². The van der Waals surface area contributed by atoms with E-state index in [1.807, 2.05) is 4.98 Å². The Bertz CT molecular complexity index is 1080. The summed E-state index contributed by atoms with van der Waals surface area (Å²) in [6, 6.07) is -0.833. The lowest BCUT2D eigenvalue weighted by atomic mass is 10.5. The molecule has 0 aliphatic carbocycles. The van der Waals surface area contributed by atoms with Crippen LogP contribution in [0.1, 0.15) is 0 Å². The Hall–Kier alpha value is -3.73. The van der Waals surface area contributed by atoms with Crippen LogP contribution in [-0.2, 0) is 9.36 Å². The summed E-state index contributed by atoms with van der Waals surface area (Å²) in [6.07, 6.45) is 0. The molecule has 19 heteroatoms. The number of hydrogen-bond donors (Lipinski definition) is 11. The lowest BCUT2D eigenvalue weighted by molar-refractivity contribution is -0.118. The minimum absolute atomic E-state index is 0.0413. The minimum Gasteiger partial charge on any atom is -0.352 e. The van der Waals surface area contributed by atoms with E-state index in [4.69, 9.17) is 29.4 Å². The van der Waals surface area contributed by atoms with Gasteiger partial charge in [0.1, 0.15) is 11.2 Å². The molecule has 0 saturated carbocycles. The summed E-state index contributed by atoms with van der Waals surface area (Å²) in [5, 5.41) is 9.32. The minimum atomic E-state index is -4.64. The number of hydrogen-bond acceptors (Lipinski definition) is 7. The first-order chi connectivity index (χ1) is 13.1. The number of carbonyl (C=O) groups is 2. The highest BCUT2D eigenvalue weighted by Crippen LogP contribution is 2.25. The van der Waals surface area contributed by atoms with E-state index in [2.05, 4.69) is 31.7 Å². The SMILES string of the molecule is CN1CC(=O)NC1=N.NC(N)=O.O=P(O)(O)O.O=c1[nH]c(=O)c2[nH]c(=O)[nH]c2[nH]1. The molecule has 0 aromatic carbocycles. The van der Waals surface area contributed by atoms with Crippen LogP contribution in [0, 0.1) is 5.41 Å². The molecule has 0 radical (unpaired) electrons. The Balaban J connectivity index is 0.000000401. The number of fused-ring (bicyclic) bond motifs is 1. The standard InChI is InChI=1S/C5H4N4O3.C4H7N3O.CH4N2O.H3O4P/c10-3-1-2(7-4(11)6-1)8-5(12)9-3;1-7-2-3(8)6-4(7)5;2-1(3)4;1-5(2,3)4/h(H4,6,7,8,9,10,11,12);2H2,1H3,(H2,5,6,8);(H4,2,3,4);(H3,1,2,3,4). The third-order valence-electron chi connectivity index (χ3n) is 2.44. The molecule has 3 rings (SSSR count). The predicted octanol–water partition coefficient (Wildman–Crippen LogP) is -4.69. The molecule has 1 saturated heterocycles. The van der Waals surface area contributed by atoms with Gasteiger partial charge < -0.3 is 31.0 Å². The van der Waals surface area contributed by atoms with Crippen molar-refractivity contribution in [3.63, 3.8) is 0 Å². The van der Waals surface area contributed by atoms with Gasteiger partial charge in [0.15, 0.2) is 5.96 Å². The lowest BCUT2D eigenvalue weighted by Gasteiger charge is -2.03. The average molecular weight is 439 g/mol. The van der Waals surface area contributed by atoms with Crippen LogP contribution < -0.4 is 33.7 Å². The zero-order valence-electron chi connectivity index (χ0n) is 14.5. The summed E-state index contributed by atoms with van der Waals surface area (Å²) < 4.78 is 8.88. The van der Waals surface area contributed by atoms with E-state index in [0.29, 0.717) is 6.54 Å². The van der Waals surface area contributed by atoms with Crippen molar-refractivity contribution >= 4 is 36.9 Å². The first kappa shape index (κ1) is 25.3. The monoisotopic (exact) mass is 439 g/mol. The van der Waals surface area contributed by atoms with Gasteiger partial charge in [-0.3, -0.25) is 40.3 Å².